The van der Waals surface area contributed by atoms with Gasteiger partial charge in [0.2, 0.25) is 0 Å². The van der Waals surface area contributed by atoms with Crippen molar-refractivity contribution in [1.29, 1.82) is 0 Å². The van der Waals surface area contributed by atoms with Gasteiger partial charge in [0, 0.05) is 11.1 Å². The predicted octanol–water partition coefficient (Wildman–Crippen LogP) is 6.60. The number of rotatable bonds is 6. The first-order chi connectivity index (χ1) is 11.4. The molecule has 128 valence electrons. The summed E-state index contributed by atoms with van der Waals surface area (Å²) in [6.45, 7) is 2.09. The maximum atomic E-state index is 14.2. The molecule has 24 heavy (non-hydrogen) atoms. The lowest BCUT2D eigenvalue weighted by molar-refractivity contribution is 0.446. The Morgan fingerprint density at radius 1 is 0.792 bits per heavy atom. The molecule has 0 aliphatic rings. The van der Waals surface area contributed by atoms with Gasteiger partial charge < -0.3 is 0 Å². The fourth-order valence-electron chi connectivity index (χ4n) is 2.33. The highest BCUT2D eigenvalue weighted by Crippen LogP contribution is 2.30. The molecule has 0 aromatic heterocycles. The van der Waals surface area contributed by atoms with Gasteiger partial charge in [-0.2, -0.15) is 0 Å². The molecule has 0 nitrogen and oxygen atoms in total. The van der Waals surface area contributed by atoms with Gasteiger partial charge in [-0.3, -0.25) is 0 Å². The molecule has 0 atom stereocenters. The first-order valence-electron chi connectivity index (χ1n) is 7.73. The molecule has 0 aliphatic heterocycles. The molecule has 0 fully saturated rings. The maximum Gasteiger partial charge on any atom is 0.194 e. The van der Waals surface area contributed by atoms with Crippen LogP contribution in [-0.2, 0) is 6.42 Å². The van der Waals surface area contributed by atoms with Crippen molar-refractivity contribution in [3.63, 3.8) is 0 Å². The third-order valence-electron chi connectivity index (χ3n) is 3.71. The van der Waals surface area contributed by atoms with Crippen molar-refractivity contribution >= 4 is 11.7 Å². The number of aryl methyl sites for hydroxylation is 1. The molecule has 0 spiro atoms. The monoisotopic (exact) mass is 340 g/mol. The van der Waals surface area contributed by atoms with Gasteiger partial charge in [0.15, 0.2) is 29.1 Å². The minimum Gasteiger partial charge on any atom is -0.204 e. The van der Waals surface area contributed by atoms with Gasteiger partial charge in [-0.05, 0) is 30.5 Å². The summed E-state index contributed by atoms with van der Waals surface area (Å²) >= 11 is 0. The molecule has 0 radical (unpaired) electrons. The topological polar surface area (TPSA) is 0 Å². The highest BCUT2D eigenvalue weighted by molar-refractivity contribution is 5.83. The van der Waals surface area contributed by atoms with E-state index in [4.69, 9.17) is 0 Å². The van der Waals surface area contributed by atoms with Crippen molar-refractivity contribution in [2.75, 3.05) is 0 Å². The molecule has 0 amide bonds. The molecule has 2 rings (SSSR count). The molecule has 0 bridgehead atoms. The van der Waals surface area contributed by atoms with Crippen LogP contribution < -0.4 is 0 Å². The van der Waals surface area contributed by atoms with Crippen LogP contribution in [0.2, 0.25) is 0 Å². The normalized spacial score (nSPS) is 12.2. The number of unbranched alkanes of at least 4 members (excludes halogenated alkanes) is 2. The zero-order valence-corrected chi connectivity index (χ0v) is 13.2. The Morgan fingerprint density at radius 3 is 1.88 bits per heavy atom. The number of hydrogen-bond acceptors (Lipinski definition) is 0. The van der Waals surface area contributed by atoms with E-state index in [9.17, 15) is 22.0 Å². The summed E-state index contributed by atoms with van der Waals surface area (Å²) in [6, 6.07) is 7.03. The van der Waals surface area contributed by atoms with E-state index < -0.39 is 34.7 Å². The zero-order chi connectivity index (χ0) is 17.7. The Kier molecular flexibility index (Phi) is 6.12. The third-order valence-corrected chi connectivity index (χ3v) is 3.71. The van der Waals surface area contributed by atoms with Gasteiger partial charge in [-0.1, -0.05) is 44.0 Å². The van der Waals surface area contributed by atoms with Gasteiger partial charge in [-0.15, -0.1) is 0 Å². The van der Waals surface area contributed by atoms with Crippen molar-refractivity contribution in [2.45, 2.75) is 32.6 Å². The van der Waals surface area contributed by atoms with E-state index in [-0.39, 0.29) is 5.56 Å². The first-order valence-corrected chi connectivity index (χ1v) is 7.73. The fraction of sp³-hybridized carbons (Fsp3) is 0.263. The standard InChI is InChI=1S/C19H17F5/c1-2-3-4-5-12-6-8-13(9-7-12)17(22)18(23)14-10-15(20)19(24)16(21)11-14/h6-11H,2-5H2,1H3. The molecule has 0 N–H and O–H groups in total. The summed E-state index contributed by atoms with van der Waals surface area (Å²) in [5.41, 5.74) is 0.270. The summed E-state index contributed by atoms with van der Waals surface area (Å²) < 4.78 is 67.5. The summed E-state index contributed by atoms with van der Waals surface area (Å²) in [5.74, 6) is -7.55. The first kappa shape index (κ1) is 18.2. The van der Waals surface area contributed by atoms with Crippen LogP contribution in [0, 0.1) is 17.5 Å². The van der Waals surface area contributed by atoms with E-state index in [0.29, 0.717) is 12.1 Å². The predicted molar refractivity (Wildman–Crippen MR) is 85.0 cm³/mol. The number of halogens is 5. The maximum absolute atomic E-state index is 14.2. The SMILES string of the molecule is CCCCCc1ccc(C(F)=C(F)c2cc(F)c(F)c(F)c2)cc1. The van der Waals surface area contributed by atoms with Gasteiger partial charge >= 0.3 is 0 Å². The molecule has 0 saturated carbocycles. The van der Waals surface area contributed by atoms with Crippen LogP contribution >= 0.6 is 0 Å². The van der Waals surface area contributed by atoms with Crippen molar-refractivity contribution in [1.82, 2.24) is 0 Å². The second kappa shape index (κ2) is 8.08. The lowest BCUT2D eigenvalue weighted by Gasteiger charge is -2.05. The Labute approximate surface area is 137 Å². The Balaban J connectivity index is 2.25. The average Bonchev–Trinajstić information content (AvgIpc) is 2.59. The Bertz CT molecular complexity index is 709. The van der Waals surface area contributed by atoms with E-state index in [1.807, 2.05) is 0 Å². The molecule has 0 aliphatic carbocycles. The molecule has 2 aromatic rings. The van der Waals surface area contributed by atoms with Crippen LogP contribution in [0.4, 0.5) is 22.0 Å². The molecular weight excluding hydrogens is 323 g/mol. The van der Waals surface area contributed by atoms with Crippen molar-refractivity contribution in [3.05, 3.63) is 70.5 Å². The Hall–Kier alpha value is -2.17. The van der Waals surface area contributed by atoms with E-state index in [2.05, 4.69) is 6.92 Å². The molecule has 0 saturated heterocycles. The number of benzene rings is 2. The van der Waals surface area contributed by atoms with Crippen molar-refractivity contribution < 1.29 is 22.0 Å². The van der Waals surface area contributed by atoms with Gasteiger partial charge in [0.05, 0.1) is 0 Å². The lowest BCUT2D eigenvalue weighted by atomic mass is 10.0. The summed E-state index contributed by atoms with van der Waals surface area (Å²) in [5, 5.41) is 0. The number of hydrogen-bond donors (Lipinski definition) is 0. The third kappa shape index (κ3) is 4.22. The zero-order valence-electron chi connectivity index (χ0n) is 13.2. The fourth-order valence-corrected chi connectivity index (χ4v) is 2.33. The highest BCUT2D eigenvalue weighted by atomic mass is 19.2. The second-order valence-electron chi connectivity index (χ2n) is 5.54. The van der Waals surface area contributed by atoms with E-state index in [1.165, 1.54) is 12.1 Å². The van der Waals surface area contributed by atoms with Crippen LogP contribution in [0.25, 0.3) is 11.7 Å². The van der Waals surface area contributed by atoms with Crippen molar-refractivity contribution in [3.8, 4) is 0 Å². The second-order valence-corrected chi connectivity index (χ2v) is 5.54. The van der Waals surface area contributed by atoms with E-state index >= 15 is 0 Å². The van der Waals surface area contributed by atoms with Gasteiger partial charge in [0.25, 0.3) is 0 Å². The largest absolute Gasteiger partial charge is 0.204 e. The highest BCUT2D eigenvalue weighted by Gasteiger charge is 2.17. The minimum absolute atomic E-state index is 0.0446. The van der Waals surface area contributed by atoms with Crippen LogP contribution in [0.3, 0.4) is 0 Å². The summed E-state index contributed by atoms with van der Waals surface area (Å²) in [6.07, 6.45) is 4.03. The summed E-state index contributed by atoms with van der Waals surface area (Å²) in [7, 11) is 0. The molecule has 0 heterocycles. The molecule has 2 aromatic carbocycles. The van der Waals surface area contributed by atoms with Crippen LogP contribution in [0.15, 0.2) is 36.4 Å². The van der Waals surface area contributed by atoms with E-state index in [1.54, 1.807) is 12.1 Å². The average molecular weight is 340 g/mol. The lowest BCUT2D eigenvalue weighted by Crippen LogP contribution is -1.94. The van der Waals surface area contributed by atoms with Gasteiger partial charge in [0.1, 0.15) is 0 Å². The summed E-state index contributed by atoms with van der Waals surface area (Å²) in [4.78, 5) is 0. The quantitative estimate of drug-likeness (QED) is 0.240. The molecule has 5 heteroatoms. The van der Waals surface area contributed by atoms with Crippen LogP contribution in [-0.4, -0.2) is 0 Å². The van der Waals surface area contributed by atoms with Crippen LogP contribution in [0.1, 0.15) is 42.9 Å². The van der Waals surface area contributed by atoms with E-state index in [0.717, 1.165) is 31.2 Å². The molecular formula is C19H17F5. The van der Waals surface area contributed by atoms with Crippen LogP contribution in [0.5, 0.6) is 0 Å². The smallest absolute Gasteiger partial charge is 0.194 e. The van der Waals surface area contributed by atoms with Gasteiger partial charge in [-0.25, -0.2) is 22.0 Å². The molecule has 0 unspecified atom stereocenters. The minimum atomic E-state index is -1.72. The van der Waals surface area contributed by atoms with Crippen molar-refractivity contribution in [2.24, 2.45) is 0 Å². The Morgan fingerprint density at radius 2 is 1.33 bits per heavy atom.